The number of nitrogens with one attached hydrogen (secondary N) is 1. The molecule has 7 heteroatoms. The molecule has 2 aromatic rings. The highest BCUT2D eigenvalue weighted by Crippen LogP contribution is 2.34. The summed E-state index contributed by atoms with van der Waals surface area (Å²) in [4.78, 5) is 8.54. The largest absolute Gasteiger partial charge is 0.493 e. The molecule has 0 saturated carbocycles. The third kappa shape index (κ3) is 4.85. The van der Waals surface area contributed by atoms with Crippen molar-refractivity contribution < 1.29 is 14.2 Å². The third-order valence-electron chi connectivity index (χ3n) is 3.57. The summed E-state index contributed by atoms with van der Waals surface area (Å²) < 4.78 is 16.2. The zero-order valence-electron chi connectivity index (χ0n) is 14.4. The van der Waals surface area contributed by atoms with Crippen molar-refractivity contribution in [2.24, 2.45) is 0 Å². The number of aromatic nitrogens is 2. The molecule has 2 rings (SSSR count). The van der Waals surface area contributed by atoms with Crippen LogP contribution in [0, 0.1) is 0 Å². The third-order valence-corrected chi connectivity index (χ3v) is 3.74. The van der Waals surface area contributed by atoms with E-state index in [0.29, 0.717) is 22.8 Å². The van der Waals surface area contributed by atoms with Gasteiger partial charge in [0.1, 0.15) is 5.82 Å². The quantitative estimate of drug-likeness (QED) is 0.516. The van der Waals surface area contributed by atoms with Gasteiger partial charge in [0.15, 0.2) is 11.5 Å². The molecule has 132 valence electrons. The molecule has 0 aliphatic rings. The summed E-state index contributed by atoms with van der Waals surface area (Å²) in [7, 11) is 3.19. The van der Waals surface area contributed by atoms with Gasteiger partial charge in [0.2, 0.25) is 5.28 Å². The number of ether oxygens (including phenoxy) is 3. The fourth-order valence-corrected chi connectivity index (χ4v) is 2.47. The molecule has 0 unspecified atom stereocenters. The van der Waals surface area contributed by atoms with Crippen molar-refractivity contribution in [3.8, 4) is 11.5 Å². The molecule has 0 fully saturated rings. The van der Waals surface area contributed by atoms with E-state index in [-0.39, 0.29) is 5.28 Å². The summed E-state index contributed by atoms with van der Waals surface area (Å²) in [6.45, 7) is 4.43. The summed E-state index contributed by atoms with van der Waals surface area (Å²) >= 11 is 6.03. The Morgan fingerprint density at radius 3 is 2.46 bits per heavy atom. The van der Waals surface area contributed by atoms with Crippen LogP contribution in [-0.4, -0.2) is 43.9 Å². The van der Waals surface area contributed by atoms with Crippen molar-refractivity contribution >= 4 is 28.3 Å². The molecule has 0 bridgehead atoms. The number of halogens is 1. The minimum atomic E-state index is 0.191. The summed E-state index contributed by atoms with van der Waals surface area (Å²) in [6, 6.07) is 3.64. The normalized spacial score (nSPS) is 10.8. The number of fused-ring (bicyclic) bond motifs is 1. The number of nitrogens with zero attached hydrogens (tertiary/aromatic N) is 2. The Morgan fingerprint density at radius 1 is 1.04 bits per heavy atom. The van der Waals surface area contributed by atoms with Crippen LogP contribution in [0.4, 0.5) is 5.82 Å². The Labute approximate surface area is 147 Å². The van der Waals surface area contributed by atoms with Gasteiger partial charge in [-0.05, 0) is 30.5 Å². The van der Waals surface area contributed by atoms with Crippen LogP contribution in [0.2, 0.25) is 5.28 Å². The van der Waals surface area contributed by atoms with Gasteiger partial charge in [0, 0.05) is 31.2 Å². The number of hydrogen-bond donors (Lipinski definition) is 1. The van der Waals surface area contributed by atoms with E-state index in [2.05, 4.69) is 22.2 Å². The predicted molar refractivity (Wildman–Crippen MR) is 96.5 cm³/mol. The van der Waals surface area contributed by atoms with E-state index in [9.17, 15) is 0 Å². The summed E-state index contributed by atoms with van der Waals surface area (Å²) in [5, 5.41) is 4.32. The van der Waals surface area contributed by atoms with Crippen molar-refractivity contribution in [2.75, 3.05) is 39.3 Å². The molecular formula is C17H24ClN3O3. The maximum atomic E-state index is 6.03. The fraction of sp³-hybridized carbons (Fsp3) is 0.529. The number of unbranched alkanes of at least 4 members (excludes halogenated alkanes) is 1. The van der Waals surface area contributed by atoms with E-state index in [1.165, 1.54) is 0 Å². The van der Waals surface area contributed by atoms with Gasteiger partial charge in [-0.2, -0.15) is 0 Å². The molecule has 0 amide bonds. The fourth-order valence-electron chi connectivity index (χ4n) is 2.29. The molecule has 24 heavy (non-hydrogen) atoms. The Bertz CT molecular complexity index is 667. The Hall–Kier alpha value is -1.79. The lowest BCUT2D eigenvalue weighted by Gasteiger charge is -2.12. The van der Waals surface area contributed by atoms with Gasteiger partial charge < -0.3 is 19.5 Å². The van der Waals surface area contributed by atoms with E-state index in [4.69, 9.17) is 25.8 Å². The van der Waals surface area contributed by atoms with Gasteiger partial charge in [0.25, 0.3) is 0 Å². The van der Waals surface area contributed by atoms with Crippen LogP contribution < -0.4 is 14.8 Å². The summed E-state index contributed by atoms with van der Waals surface area (Å²) in [5.41, 5.74) is 0.703. The van der Waals surface area contributed by atoms with Crippen LogP contribution >= 0.6 is 11.6 Å². The minimum Gasteiger partial charge on any atom is -0.493 e. The maximum Gasteiger partial charge on any atom is 0.224 e. The van der Waals surface area contributed by atoms with Crippen LogP contribution in [0.5, 0.6) is 11.5 Å². The second-order valence-electron chi connectivity index (χ2n) is 5.31. The molecule has 0 aliphatic heterocycles. The molecule has 6 nitrogen and oxygen atoms in total. The molecule has 0 saturated heterocycles. The average molecular weight is 354 g/mol. The lowest BCUT2D eigenvalue weighted by Crippen LogP contribution is -2.08. The first kappa shape index (κ1) is 18.5. The van der Waals surface area contributed by atoms with Crippen molar-refractivity contribution in [1.82, 2.24) is 9.97 Å². The molecule has 0 radical (unpaired) electrons. The molecule has 1 aromatic carbocycles. The van der Waals surface area contributed by atoms with Gasteiger partial charge in [-0.3, -0.25) is 0 Å². The Balaban J connectivity index is 2.08. The van der Waals surface area contributed by atoms with Crippen LogP contribution in [0.1, 0.15) is 26.2 Å². The predicted octanol–water partition coefficient (Wildman–Crippen LogP) is 3.92. The van der Waals surface area contributed by atoms with Crippen molar-refractivity contribution in [3.63, 3.8) is 0 Å². The second kappa shape index (κ2) is 9.49. The molecule has 0 atom stereocenters. The van der Waals surface area contributed by atoms with E-state index >= 15 is 0 Å². The number of anilines is 1. The minimum absolute atomic E-state index is 0.191. The number of hydrogen-bond acceptors (Lipinski definition) is 6. The molecule has 0 aliphatic carbocycles. The van der Waals surface area contributed by atoms with Gasteiger partial charge >= 0.3 is 0 Å². The van der Waals surface area contributed by atoms with Crippen molar-refractivity contribution in [2.45, 2.75) is 26.2 Å². The highest BCUT2D eigenvalue weighted by molar-refractivity contribution is 6.28. The Morgan fingerprint density at radius 2 is 1.75 bits per heavy atom. The molecular weight excluding hydrogens is 330 g/mol. The SMILES string of the molecule is CCCCOCCCNc1nc(Cl)nc2cc(OC)c(OC)cc12. The second-order valence-corrected chi connectivity index (χ2v) is 5.65. The molecule has 1 heterocycles. The average Bonchev–Trinajstić information content (AvgIpc) is 2.59. The van der Waals surface area contributed by atoms with E-state index in [1.54, 1.807) is 20.3 Å². The molecule has 0 spiro atoms. The highest BCUT2D eigenvalue weighted by Gasteiger charge is 2.12. The lowest BCUT2D eigenvalue weighted by molar-refractivity contribution is 0.131. The van der Waals surface area contributed by atoms with Gasteiger partial charge in [-0.15, -0.1) is 0 Å². The Kier molecular flexibility index (Phi) is 7.34. The van der Waals surface area contributed by atoms with E-state index in [0.717, 1.165) is 44.4 Å². The standard InChI is InChI=1S/C17H24ClN3O3/c1-4-5-8-24-9-6-7-19-16-12-10-14(22-2)15(23-3)11-13(12)20-17(18)21-16/h10-11H,4-9H2,1-3H3,(H,19,20,21). The van der Waals surface area contributed by atoms with Gasteiger partial charge in [-0.25, -0.2) is 9.97 Å². The number of methoxy groups -OCH3 is 2. The van der Waals surface area contributed by atoms with Crippen molar-refractivity contribution in [3.05, 3.63) is 17.4 Å². The summed E-state index contributed by atoms with van der Waals surface area (Å²) in [5.74, 6) is 1.91. The first-order valence-electron chi connectivity index (χ1n) is 8.10. The zero-order chi connectivity index (χ0) is 17.4. The van der Waals surface area contributed by atoms with Gasteiger partial charge in [-0.1, -0.05) is 13.3 Å². The van der Waals surface area contributed by atoms with E-state index in [1.807, 2.05) is 6.07 Å². The first-order valence-corrected chi connectivity index (χ1v) is 8.48. The van der Waals surface area contributed by atoms with Crippen LogP contribution in [0.15, 0.2) is 12.1 Å². The zero-order valence-corrected chi connectivity index (χ0v) is 15.2. The van der Waals surface area contributed by atoms with Crippen molar-refractivity contribution in [1.29, 1.82) is 0 Å². The lowest BCUT2D eigenvalue weighted by atomic mass is 10.2. The van der Waals surface area contributed by atoms with Crippen LogP contribution in [-0.2, 0) is 4.74 Å². The first-order chi connectivity index (χ1) is 11.7. The maximum absolute atomic E-state index is 6.03. The van der Waals surface area contributed by atoms with Crippen LogP contribution in [0.25, 0.3) is 10.9 Å². The number of rotatable bonds is 10. The molecule has 1 aromatic heterocycles. The highest BCUT2D eigenvalue weighted by atomic mass is 35.5. The van der Waals surface area contributed by atoms with Crippen LogP contribution in [0.3, 0.4) is 0 Å². The monoisotopic (exact) mass is 353 g/mol. The van der Waals surface area contributed by atoms with Gasteiger partial charge in [0.05, 0.1) is 19.7 Å². The topological polar surface area (TPSA) is 65.5 Å². The summed E-state index contributed by atoms with van der Waals surface area (Å²) in [6.07, 6.45) is 3.14. The smallest absolute Gasteiger partial charge is 0.224 e. The number of benzene rings is 1. The van der Waals surface area contributed by atoms with E-state index < -0.39 is 0 Å². The molecule has 1 N–H and O–H groups in total.